The maximum absolute atomic E-state index is 10.5. The van der Waals surface area contributed by atoms with Crippen LogP contribution in [0.5, 0.6) is 0 Å². The predicted molar refractivity (Wildman–Crippen MR) is 68.7 cm³/mol. The fourth-order valence-corrected chi connectivity index (χ4v) is 1.88. The van der Waals surface area contributed by atoms with Crippen molar-refractivity contribution in [3.05, 3.63) is 43.0 Å². The van der Waals surface area contributed by atoms with Gasteiger partial charge in [0, 0.05) is 17.7 Å². The monoisotopic (exact) mass is 305 g/mol. The first kappa shape index (κ1) is 14.9. The van der Waals surface area contributed by atoms with Crippen LogP contribution in [0.2, 0.25) is 0 Å². The highest BCUT2D eigenvalue weighted by Crippen LogP contribution is 2.14. The van der Waals surface area contributed by atoms with Gasteiger partial charge in [0.1, 0.15) is 12.7 Å². The van der Waals surface area contributed by atoms with E-state index >= 15 is 0 Å². The second-order valence-electron chi connectivity index (χ2n) is 4.29. The summed E-state index contributed by atoms with van der Waals surface area (Å²) in [6.45, 7) is 0.450. The van der Waals surface area contributed by atoms with Crippen LogP contribution in [0, 0.1) is 0 Å². The van der Waals surface area contributed by atoms with Crippen molar-refractivity contribution in [2.24, 2.45) is 0 Å². The molecule has 0 amide bonds. The molecule has 21 heavy (non-hydrogen) atoms. The molecule has 3 rings (SSSR count). The Morgan fingerprint density at radius 3 is 2.71 bits per heavy atom. The van der Waals surface area contributed by atoms with E-state index in [9.17, 15) is 4.79 Å². The van der Waals surface area contributed by atoms with E-state index in [0.29, 0.717) is 12.2 Å². The quantitative estimate of drug-likeness (QED) is 0.541. The Kier molecular flexibility index (Phi) is 4.44. The van der Waals surface area contributed by atoms with Crippen LogP contribution < -0.4 is 17.0 Å². The first-order valence-corrected chi connectivity index (χ1v) is 6.11. The topological polar surface area (TPSA) is 84.3 Å². The molecule has 1 N–H and O–H groups in total. The summed E-state index contributed by atoms with van der Waals surface area (Å²) >= 11 is 0. The number of fused-ring (bicyclic) bond motifs is 1. The molecule has 3 heterocycles. The number of rotatable bonds is 4. The highest BCUT2D eigenvalue weighted by atomic mass is 35.5. The number of hydrogen-bond donors (Lipinski definition) is 1. The minimum Gasteiger partial charge on any atom is -1.00 e. The Balaban J connectivity index is 0.00000161. The van der Waals surface area contributed by atoms with E-state index in [-0.39, 0.29) is 18.8 Å². The van der Waals surface area contributed by atoms with Gasteiger partial charge in [0.25, 0.3) is 0 Å². The molecule has 7 nitrogen and oxygen atoms in total. The lowest BCUT2D eigenvalue weighted by Crippen LogP contribution is -3.00. The number of aryl methyl sites for hydroxylation is 1. The molecular weight excluding hydrogens is 294 g/mol. The van der Waals surface area contributed by atoms with Crippen LogP contribution in [0.25, 0.3) is 16.9 Å². The van der Waals surface area contributed by atoms with E-state index in [0.717, 1.165) is 11.3 Å². The van der Waals surface area contributed by atoms with Gasteiger partial charge >= 0.3 is 5.97 Å². The molecule has 0 unspecified atom stereocenters. The second kappa shape index (κ2) is 6.27. The molecule has 108 valence electrons. The van der Waals surface area contributed by atoms with Crippen LogP contribution in [0.3, 0.4) is 0 Å². The number of carbonyl (C=O) groups is 1. The zero-order valence-electron chi connectivity index (χ0n) is 10.9. The Morgan fingerprint density at radius 2 is 2.00 bits per heavy atom. The van der Waals surface area contributed by atoms with Crippen molar-refractivity contribution in [1.29, 1.82) is 0 Å². The summed E-state index contributed by atoms with van der Waals surface area (Å²) in [4.78, 5) is 14.6. The summed E-state index contributed by atoms with van der Waals surface area (Å²) in [5, 5.41) is 17.0. The first-order chi connectivity index (χ1) is 9.72. The number of hydrogen-bond acceptors (Lipinski definition) is 4. The molecule has 8 heteroatoms. The smallest absolute Gasteiger partial charge is 0.309 e. The summed E-state index contributed by atoms with van der Waals surface area (Å²) < 4.78 is 3.30. The predicted octanol–water partition coefficient (Wildman–Crippen LogP) is -2.44. The van der Waals surface area contributed by atoms with Crippen molar-refractivity contribution >= 4 is 11.6 Å². The third-order valence-corrected chi connectivity index (χ3v) is 2.92. The maximum atomic E-state index is 10.5. The van der Waals surface area contributed by atoms with Crippen molar-refractivity contribution in [1.82, 2.24) is 19.8 Å². The van der Waals surface area contributed by atoms with Crippen LogP contribution >= 0.6 is 0 Å². The number of aromatic nitrogens is 5. The standard InChI is InChI=1S/C13H11N5O2.ClH/c19-13(20)5-8-17-6-3-10(4-7-17)11-1-2-12-14-9-15-18(12)16-11;/h1-4,6-7,9H,5,8H2;1H. The molecule has 3 aromatic heterocycles. The van der Waals surface area contributed by atoms with E-state index in [2.05, 4.69) is 15.2 Å². The van der Waals surface area contributed by atoms with Gasteiger partial charge in [-0.15, -0.1) is 14.8 Å². The number of carboxylic acids is 1. The van der Waals surface area contributed by atoms with Gasteiger partial charge in [0.15, 0.2) is 24.6 Å². The first-order valence-electron chi connectivity index (χ1n) is 6.11. The van der Waals surface area contributed by atoms with Crippen LogP contribution in [0.15, 0.2) is 43.0 Å². The molecule has 0 saturated carbocycles. The van der Waals surface area contributed by atoms with Gasteiger partial charge in [-0.2, -0.15) is 0 Å². The Labute approximate surface area is 126 Å². The number of carboxylic acid groups (broad SMARTS) is 1. The minimum absolute atomic E-state index is 0. The zero-order chi connectivity index (χ0) is 13.9. The van der Waals surface area contributed by atoms with Crippen molar-refractivity contribution in [2.75, 3.05) is 0 Å². The van der Waals surface area contributed by atoms with Gasteiger partial charge in [-0.25, -0.2) is 9.55 Å². The van der Waals surface area contributed by atoms with E-state index in [4.69, 9.17) is 5.11 Å². The molecule has 0 aliphatic carbocycles. The number of pyridine rings is 1. The molecule has 0 saturated heterocycles. The molecule has 3 aromatic rings. The number of halogens is 1. The van der Waals surface area contributed by atoms with Crippen LogP contribution in [0.1, 0.15) is 6.42 Å². The van der Waals surface area contributed by atoms with E-state index < -0.39 is 5.97 Å². The highest BCUT2D eigenvalue weighted by molar-refractivity contribution is 5.66. The average molecular weight is 306 g/mol. The van der Waals surface area contributed by atoms with Gasteiger partial charge < -0.3 is 17.5 Å². The van der Waals surface area contributed by atoms with Crippen molar-refractivity contribution < 1.29 is 26.9 Å². The van der Waals surface area contributed by atoms with Gasteiger partial charge in [0.05, 0.1) is 5.69 Å². The molecule has 0 bridgehead atoms. The molecule has 0 fully saturated rings. The van der Waals surface area contributed by atoms with Gasteiger partial charge in [-0.3, -0.25) is 4.79 Å². The largest absolute Gasteiger partial charge is 1.00 e. The average Bonchev–Trinajstić information content (AvgIpc) is 2.93. The SMILES string of the molecule is O=C(O)CC[n+]1ccc(-c2ccc3ncnn3n2)cc1.[Cl-]. The molecule has 0 aromatic carbocycles. The summed E-state index contributed by atoms with van der Waals surface area (Å²) in [6, 6.07) is 7.52. The molecule has 0 spiro atoms. The molecule has 0 atom stereocenters. The van der Waals surface area contributed by atoms with Crippen LogP contribution in [-0.4, -0.2) is 30.9 Å². The Bertz CT molecular complexity index is 757. The zero-order valence-corrected chi connectivity index (χ0v) is 11.7. The van der Waals surface area contributed by atoms with Crippen molar-refractivity contribution in [3.8, 4) is 11.3 Å². The second-order valence-corrected chi connectivity index (χ2v) is 4.29. The minimum atomic E-state index is -0.806. The number of nitrogens with zero attached hydrogens (tertiary/aromatic N) is 5. The summed E-state index contributed by atoms with van der Waals surface area (Å²) in [7, 11) is 0. The fourth-order valence-electron chi connectivity index (χ4n) is 1.88. The third kappa shape index (κ3) is 3.32. The lowest BCUT2D eigenvalue weighted by Gasteiger charge is -2.00. The fraction of sp³-hybridized carbons (Fsp3) is 0.154. The van der Waals surface area contributed by atoms with E-state index in [1.165, 1.54) is 11.0 Å². The molecule has 0 radical (unpaired) electrons. The molecular formula is C13H12ClN5O2. The summed E-state index contributed by atoms with van der Waals surface area (Å²) in [5.41, 5.74) is 2.42. The van der Waals surface area contributed by atoms with Gasteiger partial charge in [-0.05, 0) is 12.1 Å². The van der Waals surface area contributed by atoms with Crippen molar-refractivity contribution in [3.63, 3.8) is 0 Å². The maximum Gasteiger partial charge on any atom is 0.309 e. The lowest BCUT2D eigenvalue weighted by molar-refractivity contribution is -0.695. The molecule has 0 aliphatic heterocycles. The van der Waals surface area contributed by atoms with Gasteiger partial charge in [0.2, 0.25) is 0 Å². The Morgan fingerprint density at radius 1 is 1.24 bits per heavy atom. The van der Waals surface area contributed by atoms with E-state index in [1.54, 1.807) is 0 Å². The summed E-state index contributed by atoms with van der Waals surface area (Å²) in [5.74, 6) is -0.806. The van der Waals surface area contributed by atoms with Crippen LogP contribution in [0.4, 0.5) is 0 Å². The summed E-state index contributed by atoms with van der Waals surface area (Å²) in [6.07, 6.45) is 5.24. The highest BCUT2D eigenvalue weighted by Gasteiger charge is 2.07. The third-order valence-electron chi connectivity index (χ3n) is 2.92. The van der Waals surface area contributed by atoms with Crippen LogP contribution in [-0.2, 0) is 11.3 Å². The Hall–Kier alpha value is -2.54. The van der Waals surface area contributed by atoms with Crippen molar-refractivity contribution in [2.45, 2.75) is 13.0 Å². The van der Waals surface area contributed by atoms with Gasteiger partial charge in [-0.1, -0.05) is 0 Å². The normalized spacial score (nSPS) is 10.3. The number of aliphatic carboxylic acids is 1. The van der Waals surface area contributed by atoms with E-state index in [1.807, 2.05) is 41.2 Å². The lowest BCUT2D eigenvalue weighted by atomic mass is 10.2. The molecule has 0 aliphatic rings.